The number of aliphatic imine (C=N–C) groups is 2. The maximum atomic E-state index is 11.6. The van der Waals surface area contributed by atoms with Gasteiger partial charge in [0.05, 0.1) is 24.2 Å². The van der Waals surface area contributed by atoms with Gasteiger partial charge in [-0.05, 0) is 6.26 Å². The molecule has 0 radical (unpaired) electrons. The van der Waals surface area contributed by atoms with Gasteiger partial charge in [0.2, 0.25) is 12.8 Å². The fraction of sp³-hybridized carbons (Fsp3) is 0.824. The van der Waals surface area contributed by atoms with E-state index in [0.29, 0.717) is 41.9 Å². The molecule has 18 heteroatoms. The zero-order valence-electron chi connectivity index (χ0n) is 19.4. The average Bonchev–Trinajstić information content (AvgIpc) is 2.86. The van der Waals surface area contributed by atoms with Crippen molar-refractivity contribution < 1.29 is 34.2 Å². The van der Waals surface area contributed by atoms with Crippen LogP contribution in [-0.4, -0.2) is 105 Å². The number of hydrogen-bond donors (Lipinski definition) is 2. The van der Waals surface area contributed by atoms with Gasteiger partial charge < -0.3 is 24.9 Å². The van der Waals surface area contributed by atoms with Gasteiger partial charge in [-0.2, -0.15) is 21.5 Å². The molecule has 0 spiro atoms. The van der Waals surface area contributed by atoms with Crippen LogP contribution in [0.3, 0.4) is 0 Å². The molecule has 0 aliphatic rings. The van der Waals surface area contributed by atoms with Gasteiger partial charge in [0.15, 0.2) is 0 Å². The number of amides is 1. The van der Waals surface area contributed by atoms with E-state index >= 15 is 0 Å². The largest absolute Gasteiger partial charge is 0.438 e. The van der Waals surface area contributed by atoms with Crippen molar-refractivity contribution in [3.8, 4) is 0 Å². The van der Waals surface area contributed by atoms with Crippen LogP contribution in [0.2, 0.25) is 0 Å². The molecule has 206 valence electrons. The third kappa shape index (κ3) is 32.9. The fourth-order valence-electron chi connectivity index (χ4n) is 1.39. The van der Waals surface area contributed by atoms with Gasteiger partial charge in [0.1, 0.15) is 18.5 Å². The Morgan fingerprint density at radius 1 is 0.829 bits per heavy atom. The molecule has 10 nitrogen and oxygen atoms in total. The normalized spacial score (nSPS) is 11.4. The zero-order valence-corrected chi connectivity index (χ0v) is 25.9. The lowest BCUT2D eigenvalue weighted by Crippen LogP contribution is -2.23. The number of aliphatic hydroxyl groups excluding tert-OH is 1. The summed E-state index contributed by atoms with van der Waals surface area (Å²) in [6.45, 7) is 0.631. The lowest BCUT2D eigenvalue weighted by Gasteiger charge is -2.06. The Balaban J connectivity index is 3.21. The van der Waals surface area contributed by atoms with E-state index in [4.69, 9.17) is 29.4 Å². The van der Waals surface area contributed by atoms with Gasteiger partial charge in [0, 0.05) is 31.8 Å². The highest BCUT2D eigenvalue weighted by atomic mass is 32.2. The number of carbonyl (C=O) groups is 1. The molecule has 1 amide bonds. The molecule has 0 saturated heterocycles. The summed E-state index contributed by atoms with van der Waals surface area (Å²) in [7, 11) is 0. The number of rotatable bonds is 27. The van der Waals surface area contributed by atoms with Crippen LogP contribution in [0.25, 0.3) is 0 Å². The molecule has 0 aromatic rings. The van der Waals surface area contributed by atoms with Crippen LogP contribution in [0.1, 0.15) is 0 Å². The molecule has 0 aromatic carbocycles. The van der Waals surface area contributed by atoms with Crippen LogP contribution in [0, 0.1) is 0 Å². The summed E-state index contributed by atoms with van der Waals surface area (Å²) in [5, 5.41) is 14.8. The SMILES string of the molecule is CSCN=COOCSCSCSCOC(=O)NCSCSCSCN=COOCCSCCO. The van der Waals surface area contributed by atoms with Crippen LogP contribution in [-0.2, 0) is 24.3 Å². The number of alkyl carbamates (subject to hydrolysis) is 1. The molecule has 0 aliphatic heterocycles. The molecule has 0 fully saturated rings. The molecule has 0 atom stereocenters. The first-order valence-electron chi connectivity index (χ1n) is 9.89. The van der Waals surface area contributed by atoms with Crippen LogP contribution in [0.4, 0.5) is 4.79 Å². The Bertz CT molecular complexity index is 516. The van der Waals surface area contributed by atoms with Crippen molar-refractivity contribution >= 4 is 113 Å². The first-order valence-corrected chi connectivity index (χ1v) is 19.4. The number of hydrogen-bond acceptors (Lipinski definition) is 17. The quantitative estimate of drug-likeness (QED) is 0.0318. The molecule has 0 saturated carbocycles. The van der Waals surface area contributed by atoms with E-state index in [0.717, 1.165) is 26.1 Å². The van der Waals surface area contributed by atoms with Crippen LogP contribution < -0.4 is 5.32 Å². The Morgan fingerprint density at radius 2 is 1.51 bits per heavy atom. The summed E-state index contributed by atoms with van der Waals surface area (Å²) in [6.07, 6.45) is 4.16. The highest BCUT2D eigenvalue weighted by molar-refractivity contribution is 8.23. The Hall–Kier alpha value is 0.890. The predicted molar refractivity (Wildman–Crippen MR) is 163 cm³/mol. The van der Waals surface area contributed by atoms with Crippen molar-refractivity contribution in [2.45, 2.75) is 0 Å². The smallest absolute Gasteiger partial charge is 0.408 e. The first kappa shape index (κ1) is 35.9. The van der Waals surface area contributed by atoms with Crippen molar-refractivity contribution in [1.82, 2.24) is 5.32 Å². The summed E-state index contributed by atoms with van der Waals surface area (Å²) in [5.74, 6) is 3.98. The second kappa shape index (κ2) is 32.9. The minimum atomic E-state index is -0.402. The molecule has 0 rings (SSSR count). The third-order valence-corrected chi connectivity index (χ3v) is 10.6. The highest BCUT2D eigenvalue weighted by Gasteiger charge is 2.01. The van der Waals surface area contributed by atoms with Gasteiger partial charge >= 0.3 is 6.09 Å². The van der Waals surface area contributed by atoms with Crippen LogP contribution in [0.15, 0.2) is 9.98 Å². The summed E-state index contributed by atoms with van der Waals surface area (Å²) >= 11 is 13.1. The fourth-order valence-corrected chi connectivity index (χ4v) is 7.65. The lowest BCUT2D eigenvalue weighted by molar-refractivity contribution is -0.210. The summed E-state index contributed by atoms with van der Waals surface area (Å²) in [4.78, 5) is 39.1. The summed E-state index contributed by atoms with van der Waals surface area (Å²) in [6, 6.07) is 0. The van der Waals surface area contributed by atoms with Crippen LogP contribution >= 0.6 is 94.1 Å². The van der Waals surface area contributed by atoms with E-state index in [1.807, 2.05) is 6.26 Å². The number of carbonyl (C=O) groups excluding carboxylic acids is 1. The number of nitrogens with one attached hydrogen (secondary N) is 1. The maximum absolute atomic E-state index is 11.6. The molecule has 0 aromatic heterocycles. The average molecular weight is 648 g/mol. The van der Waals surface area contributed by atoms with E-state index in [1.165, 1.54) is 12.8 Å². The standard InChI is InChI=1S/C17H33N3O7S8/c1-28-8-18-6-26-27-12-33-16-35-15-32-11-23-17(22)20-10-31-14-34-13-30-9-19-7-25-24-3-5-29-4-2-21/h6-7,21H,2-5,8-16H2,1H3,(H,20,22). The van der Waals surface area contributed by atoms with Gasteiger partial charge in [-0.3, -0.25) is 0 Å². The molecule has 0 unspecified atom stereocenters. The van der Waals surface area contributed by atoms with Crippen molar-refractivity contribution in [2.24, 2.45) is 9.98 Å². The van der Waals surface area contributed by atoms with E-state index in [-0.39, 0.29) is 6.61 Å². The number of nitrogens with zero attached hydrogens (tertiary/aromatic N) is 2. The van der Waals surface area contributed by atoms with Crippen molar-refractivity contribution in [3.05, 3.63) is 0 Å². The zero-order chi connectivity index (χ0) is 25.5. The van der Waals surface area contributed by atoms with Gasteiger partial charge in [-0.15, -0.1) is 82.3 Å². The van der Waals surface area contributed by atoms with Crippen LogP contribution in [0.5, 0.6) is 0 Å². The second-order valence-corrected chi connectivity index (χ2v) is 14.6. The van der Waals surface area contributed by atoms with E-state index in [9.17, 15) is 4.79 Å². The number of thioether (sulfide) groups is 8. The second-order valence-electron chi connectivity index (χ2n) is 5.28. The van der Waals surface area contributed by atoms with Gasteiger partial charge in [-0.1, -0.05) is 0 Å². The molecule has 2 N–H and O–H groups in total. The third-order valence-electron chi connectivity index (χ3n) is 2.68. The topological polar surface area (TPSA) is 120 Å². The minimum absolute atomic E-state index is 0.174. The predicted octanol–water partition coefficient (Wildman–Crippen LogP) is 4.77. The molecule has 0 bridgehead atoms. The monoisotopic (exact) mass is 647 g/mol. The molecular weight excluding hydrogens is 615 g/mol. The molecule has 0 heterocycles. The number of ether oxygens (including phenoxy) is 1. The van der Waals surface area contributed by atoms with Gasteiger partial charge in [-0.25, -0.2) is 14.8 Å². The Kier molecular flexibility index (Phi) is 33.8. The molecule has 0 aliphatic carbocycles. The first-order chi connectivity index (χ1) is 17.3. The van der Waals surface area contributed by atoms with Crippen molar-refractivity contribution in [2.75, 3.05) is 80.8 Å². The van der Waals surface area contributed by atoms with Crippen molar-refractivity contribution in [3.63, 3.8) is 0 Å². The molecule has 35 heavy (non-hydrogen) atoms. The summed E-state index contributed by atoms with van der Waals surface area (Å²) < 4.78 is 5.12. The highest BCUT2D eigenvalue weighted by Crippen LogP contribution is 2.18. The van der Waals surface area contributed by atoms with E-state index < -0.39 is 6.09 Å². The minimum Gasteiger partial charge on any atom is -0.438 e. The number of aliphatic hydroxyl groups is 1. The van der Waals surface area contributed by atoms with E-state index in [1.54, 1.807) is 94.1 Å². The lowest BCUT2D eigenvalue weighted by atomic mass is 10.9. The van der Waals surface area contributed by atoms with Gasteiger partial charge in [0.25, 0.3) is 0 Å². The van der Waals surface area contributed by atoms with Crippen molar-refractivity contribution in [1.29, 1.82) is 0 Å². The summed E-state index contributed by atoms with van der Waals surface area (Å²) in [5.41, 5.74) is 0. The maximum Gasteiger partial charge on any atom is 0.408 e. The Labute approximate surface area is 241 Å². The molecular formula is C17H33N3O7S8. The van der Waals surface area contributed by atoms with E-state index in [2.05, 4.69) is 15.3 Å². The Morgan fingerprint density at radius 3 is 2.29 bits per heavy atom.